The minimum atomic E-state index is -3.97. The number of hydrogen-bond donors (Lipinski definition) is 1. The second kappa shape index (κ2) is 6.28. The highest BCUT2D eigenvalue weighted by molar-refractivity contribution is 5.82. The summed E-state index contributed by atoms with van der Waals surface area (Å²) in [6.45, 7) is 2.04. The minimum Gasteiger partial charge on any atom is -0.425 e. The van der Waals surface area contributed by atoms with Gasteiger partial charge in [0.05, 0.1) is 0 Å². The average Bonchev–Trinajstić information content (AvgIpc) is 2.32. The molecule has 1 aromatic rings. The zero-order valence-electron chi connectivity index (χ0n) is 9.88. The first-order chi connectivity index (χ1) is 8.45. The molecule has 0 bridgehead atoms. The highest BCUT2D eigenvalue weighted by Crippen LogP contribution is 2.21. The number of nitrogens with one attached hydrogen (secondary N) is 1. The maximum absolute atomic E-state index is 13.3. The molecule has 0 saturated carbocycles. The number of ether oxygens (including phenoxy) is 1. The monoisotopic (exact) mass is 261 g/mol. The van der Waals surface area contributed by atoms with Gasteiger partial charge in [-0.25, -0.2) is 4.39 Å². The number of unbranched alkanes of at least 4 members (excludes halogenated alkanes) is 1. The summed E-state index contributed by atoms with van der Waals surface area (Å²) in [7, 11) is 0. The molecule has 0 unspecified atom stereocenters. The molecule has 0 aliphatic heterocycles. The van der Waals surface area contributed by atoms with E-state index in [9.17, 15) is 18.0 Å². The van der Waals surface area contributed by atoms with Crippen LogP contribution in [0.15, 0.2) is 24.3 Å². The second-order valence-corrected chi connectivity index (χ2v) is 3.68. The van der Waals surface area contributed by atoms with Crippen molar-refractivity contribution >= 4 is 5.91 Å². The second-order valence-electron chi connectivity index (χ2n) is 3.68. The van der Waals surface area contributed by atoms with Crippen molar-refractivity contribution in [2.45, 2.75) is 25.9 Å². The highest BCUT2D eigenvalue weighted by atomic mass is 19.3. The van der Waals surface area contributed by atoms with E-state index in [0.717, 1.165) is 30.7 Å². The Morgan fingerprint density at radius 1 is 1.33 bits per heavy atom. The summed E-state index contributed by atoms with van der Waals surface area (Å²) in [6, 6.07) is 4.01. The highest BCUT2D eigenvalue weighted by Gasteiger charge is 2.41. The van der Waals surface area contributed by atoms with E-state index < -0.39 is 17.8 Å². The molecule has 1 amide bonds. The van der Waals surface area contributed by atoms with Gasteiger partial charge in [-0.2, -0.15) is 8.78 Å². The first kappa shape index (κ1) is 14.3. The predicted octanol–water partition coefficient (Wildman–Crippen LogP) is 2.71. The molecule has 0 fully saturated rings. The Morgan fingerprint density at radius 2 is 1.94 bits per heavy atom. The maximum atomic E-state index is 13.3. The van der Waals surface area contributed by atoms with Gasteiger partial charge < -0.3 is 10.1 Å². The van der Waals surface area contributed by atoms with E-state index in [0.29, 0.717) is 6.42 Å². The number of rotatable bonds is 6. The van der Waals surface area contributed by atoms with Crippen molar-refractivity contribution < 1.29 is 22.7 Å². The van der Waals surface area contributed by atoms with E-state index in [2.05, 4.69) is 10.1 Å². The maximum Gasteiger partial charge on any atom is 0.482 e. The number of halogens is 3. The largest absolute Gasteiger partial charge is 0.482 e. The van der Waals surface area contributed by atoms with Gasteiger partial charge in [0, 0.05) is 6.54 Å². The Labute approximate surface area is 103 Å². The zero-order chi connectivity index (χ0) is 13.6. The molecule has 100 valence electrons. The standard InChI is InChI=1S/C12H14F3NO2/c1-2-3-8-16-11(17)12(14,15)18-10-6-4-9(13)5-7-10/h4-7H,2-3,8H2,1H3,(H,16,17). The lowest BCUT2D eigenvalue weighted by molar-refractivity contribution is -0.192. The van der Waals surface area contributed by atoms with Crippen molar-refractivity contribution in [3.8, 4) is 5.75 Å². The lowest BCUT2D eigenvalue weighted by atomic mass is 10.3. The molecular weight excluding hydrogens is 247 g/mol. The molecule has 18 heavy (non-hydrogen) atoms. The number of alkyl halides is 2. The third-order valence-corrected chi connectivity index (χ3v) is 2.14. The fraction of sp³-hybridized carbons (Fsp3) is 0.417. The molecule has 0 spiro atoms. The molecule has 6 heteroatoms. The average molecular weight is 261 g/mol. The van der Waals surface area contributed by atoms with Gasteiger partial charge in [0.2, 0.25) is 0 Å². The van der Waals surface area contributed by atoms with E-state index in [-0.39, 0.29) is 12.3 Å². The zero-order valence-corrected chi connectivity index (χ0v) is 9.88. The topological polar surface area (TPSA) is 38.3 Å². The molecule has 0 aromatic heterocycles. The van der Waals surface area contributed by atoms with E-state index in [1.165, 1.54) is 0 Å². The third-order valence-electron chi connectivity index (χ3n) is 2.14. The molecule has 0 atom stereocenters. The van der Waals surface area contributed by atoms with Gasteiger partial charge in [-0.3, -0.25) is 4.79 Å². The van der Waals surface area contributed by atoms with Crippen LogP contribution in [0.5, 0.6) is 5.75 Å². The molecule has 1 rings (SSSR count). The predicted molar refractivity (Wildman–Crippen MR) is 59.9 cm³/mol. The molecule has 3 nitrogen and oxygen atoms in total. The van der Waals surface area contributed by atoms with Crippen molar-refractivity contribution in [3.05, 3.63) is 30.1 Å². The van der Waals surface area contributed by atoms with Gasteiger partial charge in [-0.05, 0) is 30.7 Å². The number of amides is 1. The van der Waals surface area contributed by atoms with Crippen LogP contribution in [0.3, 0.4) is 0 Å². The Balaban J connectivity index is 2.57. The van der Waals surface area contributed by atoms with Crippen LogP contribution in [0.1, 0.15) is 19.8 Å². The Hall–Kier alpha value is -1.72. The van der Waals surface area contributed by atoms with Crippen molar-refractivity contribution in [1.29, 1.82) is 0 Å². The van der Waals surface area contributed by atoms with Crippen LogP contribution in [-0.2, 0) is 4.79 Å². The van der Waals surface area contributed by atoms with Crippen molar-refractivity contribution in [1.82, 2.24) is 5.32 Å². The van der Waals surface area contributed by atoms with Gasteiger partial charge in [0.25, 0.3) is 0 Å². The van der Waals surface area contributed by atoms with Crippen molar-refractivity contribution in [2.75, 3.05) is 6.54 Å². The Morgan fingerprint density at radius 3 is 2.50 bits per heavy atom. The van der Waals surface area contributed by atoms with Crippen LogP contribution in [0.25, 0.3) is 0 Å². The fourth-order valence-corrected chi connectivity index (χ4v) is 1.18. The number of carbonyl (C=O) groups excluding carboxylic acids is 1. The number of hydrogen-bond acceptors (Lipinski definition) is 2. The quantitative estimate of drug-likeness (QED) is 0.799. The summed E-state index contributed by atoms with van der Waals surface area (Å²) in [5, 5.41) is 2.07. The summed E-state index contributed by atoms with van der Waals surface area (Å²) in [5.74, 6) is -2.34. The van der Waals surface area contributed by atoms with Crippen LogP contribution in [0.2, 0.25) is 0 Å². The van der Waals surface area contributed by atoms with E-state index in [1.807, 2.05) is 6.92 Å². The molecule has 0 aliphatic rings. The van der Waals surface area contributed by atoms with Gasteiger partial charge in [-0.1, -0.05) is 13.3 Å². The van der Waals surface area contributed by atoms with Crippen LogP contribution in [0, 0.1) is 5.82 Å². The summed E-state index contributed by atoms with van der Waals surface area (Å²) >= 11 is 0. The van der Waals surface area contributed by atoms with Gasteiger partial charge in [0.15, 0.2) is 0 Å². The Bertz CT molecular complexity index is 393. The third kappa shape index (κ3) is 4.27. The SMILES string of the molecule is CCCCNC(=O)C(F)(F)Oc1ccc(F)cc1. The molecule has 1 N–H and O–H groups in total. The van der Waals surface area contributed by atoms with E-state index in [1.54, 1.807) is 0 Å². The smallest absolute Gasteiger partial charge is 0.425 e. The fourth-order valence-electron chi connectivity index (χ4n) is 1.18. The lowest BCUT2D eigenvalue weighted by Crippen LogP contribution is -2.44. The van der Waals surface area contributed by atoms with Gasteiger partial charge in [0.1, 0.15) is 11.6 Å². The van der Waals surface area contributed by atoms with Gasteiger partial charge >= 0.3 is 12.0 Å². The van der Waals surface area contributed by atoms with Crippen molar-refractivity contribution in [2.24, 2.45) is 0 Å². The molecular formula is C12H14F3NO2. The number of carbonyl (C=O) groups is 1. The van der Waals surface area contributed by atoms with Gasteiger partial charge in [-0.15, -0.1) is 0 Å². The molecule has 1 aromatic carbocycles. The Kier molecular flexibility index (Phi) is 5.00. The summed E-state index contributed by atoms with van der Waals surface area (Å²) in [6.07, 6.45) is -2.57. The first-order valence-corrected chi connectivity index (χ1v) is 5.56. The van der Waals surface area contributed by atoms with E-state index >= 15 is 0 Å². The molecule has 0 radical (unpaired) electrons. The molecule has 0 aliphatic carbocycles. The molecule has 0 saturated heterocycles. The lowest BCUT2D eigenvalue weighted by Gasteiger charge is -2.17. The summed E-state index contributed by atoms with van der Waals surface area (Å²) in [4.78, 5) is 11.2. The van der Waals surface area contributed by atoms with Crippen LogP contribution in [-0.4, -0.2) is 18.6 Å². The summed E-state index contributed by atoms with van der Waals surface area (Å²) < 4.78 is 43.4. The molecule has 0 heterocycles. The minimum absolute atomic E-state index is 0.164. The first-order valence-electron chi connectivity index (χ1n) is 5.56. The number of benzene rings is 1. The van der Waals surface area contributed by atoms with Crippen LogP contribution < -0.4 is 10.1 Å². The van der Waals surface area contributed by atoms with Crippen LogP contribution >= 0.6 is 0 Å². The normalized spacial score (nSPS) is 11.1. The van der Waals surface area contributed by atoms with Crippen LogP contribution in [0.4, 0.5) is 13.2 Å². The van der Waals surface area contributed by atoms with Crippen molar-refractivity contribution in [3.63, 3.8) is 0 Å². The summed E-state index contributed by atoms with van der Waals surface area (Å²) in [5.41, 5.74) is 0. The van der Waals surface area contributed by atoms with E-state index in [4.69, 9.17) is 0 Å².